The lowest BCUT2D eigenvalue weighted by molar-refractivity contribution is 0.248. The highest BCUT2D eigenvalue weighted by Crippen LogP contribution is 2.27. The van der Waals surface area contributed by atoms with Crippen molar-refractivity contribution < 1.29 is 8.42 Å². The van der Waals surface area contributed by atoms with E-state index >= 15 is 0 Å². The second kappa shape index (κ2) is 6.04. The van der Waals surface area contributed by atoms with Gasteiger partial charge in [-0.15, -0.1) is 0 Å². The molecule has 0 aromatic carbocycles. The molecule has 0 amide bonds. The van der Waals surface area contributed by atoms with Gasteiger partial charge in [0, 0.05) is 31.0 Å². The maximum absolute atomic E-state index is 12.3. The Morgan fingerprint density at radius 1 is 1.55 bits per heavy atom. The third-order valence-corrected chi connectivity index (χ3v) is 5.07. The van der Waals surface area contributed by atoms with E-state index in [4.69, 9.17) is 5.84 Å². The van der Waals surface area contributed by atoms with Crippen LogP contribution in [0, 0.1) is 0 Å². The molecule has 0 spiro atoms. The quantitative estimate of drug-likeness (QED) is 0.489. The van der Waals surface area contributed by atoms with E-state index < -0.39 is 10.0 Å². The lowest BCUT2D eigenvalue weighted by atomic mass is 10.3. The molecule has 2 rings (SSSR count). The lowest BCUT2D eigenvalue weighted by Gasteiger charge is -2.24. The number of anilines is 1. The normalized spacial score (nSPS) is 17.2. The first-order valence-corrected chi connectivity index (χ1v) is 8.06. The molecule has 0 bridgehead atoms. The van der Waals surface area contributed by atoms with Crippen LogP contribution in [0.5, 0.6) is 0 Å². The van der Waals surface area contributed by atoms with E-state index in [1.165, 1.54) is 31.3 Å². The van der Waals surface area contributed by atoms with Gasteiger partial charge < -0.3 is 5.43 Å². The first-order valence-electron chi connectivity index (χ1n) is 6.58. The zero-order valence-electron chi connectivity index (χ0n) is 11.7. The van der Waals surface area contributed by atoms with Gasteiger partial charge in [-0.25, -0.2) is 13.1 Å². The number of rotatable bonds is 7. The smallest absolute Gasteiger partial charge is 0.244 e. The summed E-state index contributed by atoms with van der Waals surface area (Å²) < 4.78 is 27.1. The average molecular weight is 299 g/mol. The zero-order valence-corrected chi connectivity index (χ0v) is 12.5. The van der Waals surface area contributed by atoms with Crippen LogP contribution in [0.1, 0.15) is 19.8 Å². The number of nitrogens with two attached hydrogens (primary N) is 1. The maximum atomic E-state index is 12.3. The zero-order chi connectivity index (χ0) is 14.8. The molecule has 8 heteroatoms. The number of sulfonamides is 1. The van der Waals surface area contributed by atoms with Gasteiger partial charge in [0.2, 0.25) is 10.0 Å². The predicted octanol–water partition coefficient (Wildman–Crippen LogP) is 0.128. The van der Waals surface area contributed by atoms with E-state index in [1.807, 2.05) is 14.0 Å². The Labute approximate surface area is 119 Å². The Morgan fingerprint density at radius 3 is 2.85 bits per heavy atom. The fraction of sp³-hybridized carbons (Fsp3) is 0.583. The van der Waals surface area contributed by atoms with E-state index in [2.05, 4.69) is 20.0 Å². The molecule has 1 fully saturated rings. The van der Waals surface area contributed by atoms with Gasteiger partial charge in [0.05, 0.1) is 5.69 Å². The molecular formula is C12H21N5O2S. The first kappa shape index (κ1) is 15.2. The maximum Gasteiger partial charge on any atom is 0.244 e. The van der Waals surface area contributed by atoms with Crippen LogP contribution in [0.2, 0.25) is 0 Å². The number of pyridine rings is 1. The molecule has 1 atom stereocenters. The molecule has 1 aromatic rings. The third-order valence-electron chi connectivity index (χ3n) is 3.62. The minimum atomic E-state index is -3.62. The number of hydrazine groups is 1. The highest BCUT2D eigenvalue weighted by molar-refractivity contribution is 7.89. The van der Waals surface area contributed by atoms with Gasteiger partial charge in [0.1, 0.15) is 4.90 Å². The molecule has 0 aliphatic heterocycles. The summed E-state index contributed by atoms with van der Waals surface area (Å²) in [5, 5.41) is 0. The van der Waals surface area contributed by atoms with Gasteiger partial charge in [-0.2, -0.15) is 0 Å². The van der Waals surface area contributed by atoms with Crippen LogP contribution in [0.3, 0.4) is 0 Å². The molecule has 20 heavy (non-hydrogen) atoms. The van der Waals surface area contributed by atoms with E-state index in [9.17, 15) is 8.42 Å². The van der Waals surface area contributed by atoms with Crippen LogP contribution in [-0.2, 0) is 10.0 Å². The SMILES string of the molecule is CC(CNS(=O)(=O)c1cnccc1NN)N(C)C1CC1. The van der Waals surface area contributed by atoms with Crippen LogP contribution in [0.25, 0.3) is 0 Å². The van der Waals surface area contributed by atoms with Crippen LogP contribution < -0.4 is 16.0 Å². The van der Waals surface area contributed by atoms with Crippen molar-refractivity contribution >= 4 is 15.7 Å². The molecular weight excluding hydrogens is 278 g/mol. The summed E-state index contributed by atoms with van der Waals surface area (Å²) in [4.78, 5) is 6.10. The number of aromatic nitrogens is 1. The Hall–Kier alpha value is -1.22. The molecule has 112 valence electrons. The molecule has 1 unspecified atom stereocenters. The fourth-order valence-corrected chi connectivity index (χ4v) is 3.24. The van der Waals surface area contributed by atoms with Crippen molar-refractivity contribution in [1.29, 1.82) is 0 Å². The van der Waals surface area contributed by atoms with Crippen LogP contribution in [-0.4, -0.2) is 44.0 Å². The fourth-order valence-electron chi connectivity index (χ4n) is 2.01. The minimum Gasteiger partial charge on any atom is -0.323 e. The van der Waals surface area contributed by atoms with Crippen LogP contribution in [0.15, 0.2) is 23.4 Å². The molecule has 7 nitrogen and oxygen atoms in total. The summed E-state index contributed by atoms with van der Waals surface area (Å²) in [6.07, 6.45) is 5.15. The largest absolute Gasteiger partial charge is 0.323 e. The van der Waals surface area contributed by atoms with Crippen molar-refractivity contribution in [2.45, 2.75) is 36.7 Å². The number of nitrogen functional groups attached to an aromatic ring is 1. The Bertz CT molecular complexity index is 559. The minimum absolute atomic E-state index is 0.0591. The van der Waals surface area contributed by atoms with E-state index in [0.29, 0.717) is 18.3 Å². The molecule has 0 saturated heterocycles. The van der Waals surface area contributed by atoms with Crippen molar-refractivity contribution in [1.82, 2.24) is 14.6 Å². The Kier molecular flexibility index (Phi) is 4.59. The van der Waals surface area contributed by atoms with Gasteiger partial charge in [0.25, 0.3) is 0 Å². The third kappa shape index (κ3) is 3.45. The number of nitrogens with one attached hydrogen (secondary N) is 2. The van der Waals surface area contributed by atoms with E-state index in [0.717, 1.165) is 0 Å². The summed E-state index contributed by atoms with van der Waals surface area (Å²) >= 11 is 0. The number of likely N-dealkylation sites (N-methyl/N-ethyl adjacent to an activating group) is 1. The van der Waals surface area contributed by atoms with Crippen LogP contribution >= 0.6 is 0 Å². The summed E-state index contributed by atoms with van der Waals surface area (Å²) in [6.45, 7) is 2.36. The van der Waals surface area contributed by atoms with Gasteiger partial charge in [-0.1, -0.05) is 0 Å². The number of nitrogens with zero attached hydrogens (tertiary/aromatic N) is 2. The second-order valence-electron chi connectivity index (χ2n) is 5.11. The standard InChI is InChI=1S/C12H21N5O2S/c1-9(17(2)10-3-4-10)7-15-20(18,19)12-8-14-6-5-11(12)16-13/h5-6,8-10,15H,3-4,7,13H2,1-2H3,(H,14,16). The van der Waals surface area contributed by atoms with Gasteiger partial charge in [0.15, 0.2) is 0 Å². The van der Waals surface area contributed by atoms with Gasteiger partial charge in [-0.05, 0) is 32.9 Å². The van der Waals surface area contributed by atoms with Crippen LogP contribution in [0.4, 0.5) is 5.69 Å². The summed E-state index contributed by atoms with van der Waals surface area (Å²) in [7, 11) is -1.60. The monoisotopic (exact) mass is 299 g/mol. The van der Waals surface area contributed by atoms with Gasteiger partial charge >= 0.3 is 0 Å². The average Bonchev–Trinajstić information content (AvgIpc) is 3.28. The van der Waals surface area contributed by atoms with Crippen molar-refractivity contribution in [3.63, 3.8) is 0 Å². The van der Waals surface area contributed by atoms with Crippen molar-refractivity contribution in [2.75, 3.05) is 19.0 Å². The van der Waals surface area contributed by atoms with Crippen molar-refractivity contribution in [3.05, 3.63) is 18.5 Å². The van der Waals surface area contributed by atoms with Gasteiger partial charge in [-0.3, -0.25) is 15.7 Å². The predicted molar refractivity (Wildman–Crippen MR) is 77.5 cm³/mol. The van der Waals surface area contributed by atoms with E-state index in [-0.39, 0.29) is 10.9 Å². The van der Waals surface area contributed by atoms with Crippen molar-refractivity contribution in [2.24, 2.45) is 5.84 Å². The van der Waals surface area contributed by atoms with Crippen molar-refractivity contribution in [3.8, 4) is 0 Å². The summed E-state index contributed by atoms with van der Waals surface area (Å²) in [5.74, 6) is 5.32. The molecule has 1 saturated carbocycles. The highest BCUT2D eigenvalue weighted by Gasteiger charge is 2.29. The molecule has 1 aromatic heterocycles. The summed E-state index contributed by atoms with van der Waals surface area (Å²) in [5.41, 5.74) is 2.70. The Balaban J connectivity index is 2.03. The molecule has 1 aliphatic carbocycles. The lowest BCUT2D eigenvalue weighted by Crippen LogP contribution is -2.41. The topological polar surface area (TPSA) is 100 Å². The summed E-state index contributed by atoms with van der Waals surface area (Å²) in [6, 6.07) is 2.26. The molecule has 1 heterocycles. The molecule has 1 aliphatic rings. The number of hydrogen-bond donors (Lipinski definition) is 3. The second-order valence-corrected chi connectivity index (χ2v) is 6.85. The number of hydrogen-bond acceptors (Lipinski definition) is 6. The molecule has 0 radical (unpaired) electrons. The Morgan fingerprint density at radius 2 is 2.25 bits per heavy atom. The molecule has 4 N–H and O–H groups in total. The van der Waals surface area contributed by atoms with E-state index in [1.54, 1.807) is 0 Å². The first-order chi connectivity index (χ1) is 9.45. The highest BCUT2D eigenvalue weighted by atomic mass is 32.2.